The molecule has 0 aromatic carbocycles. The normalized spacial score (nSPS) is 36.9. The lowest BCUT2D eigenvalue weighted by molar-refractivity contribution is -0.147. The Hall–Kier alpha value is -1.65. The molecule has 2 heterocycles. The second-order valence-electron chi connectivity index (χ2n) is 7.06. The van der Waals surface area contributed by atoms with Crippen LogP contribution in [-0.4, -0.2) is 47.2 Å². The van der Waals surface area contributed by atoms with Gasteiger partial charge >= 0.3 is 0 Å². The maximum absolute atomic E-state index is 12.6. The first-order valence-electron chi connectivity index (χ1n) is 8.48. The molecule has 5 heteroatoms. The highest BCUT2D eigenvalue weighted by Gasteiger charge is 2.59. The first-order chi connectivity index (χ1) is 10.7. The van der Waals surface area contributed by atoms with Crippen LogP contribution in [0, 0.1) is 23.7 Å². The Labute approximate surface area is 130 Å². The molecule has 2 bridgehead atoms. The third-order valence-corrected chi connectivity index (χ3v) is 5.81. The number of fused-ring (bicyclic) bond motifs is 5. The highest BCUT2D eigenvalue weighted by Crippen LogP contribution is 2.52. The summed E-state index contributed by atoms with van der Waals surface area (Å²) in [6.07, 6.45) is 9.45. The lowest BCUT2D eigenvalue weighted by Crippen LogP contribution is -2.44. The van der Waals surface area contributed by atoms with E-state index in [9.17, 15) is 14.4 Å². The Kier molecular flexibility index (Phi) is 3.31. The third-order valence-electron chi connectivity index (χ3n) is 5.81. The Morgan fingerprint density at radius 1 is 0.955 bits per heavy atom. The fraction of sp³-hybridized carbons (Fsp3) is 0.706. The summed E-state index contributed by atoms with van der Waals surface area (Å²) in [4.78, 5) is 40.7. The molecule has 0 N–H and O–H groups in total. The Balaban J connectivity index is 1.46. The van der Waals surface area contributed by atoms with Crippen LogP contribution in [0.25, 0.3) is 0 Å². The smallest absolute Gasteiger partial charge is 0.242 e. The zero-order valence-electron chi connectivity index (χ0n) is 12.7. The number of nitrogens with zero attached hydrogens (tertiary/aromatic N) is 2. The highest BCUT2D eigenvalue weighted by atomic mass is 16.2. The number of rotatable bonds is 2. The van der Waals surface area contributed by atoms with Crippen molar-refractivity contribution in [1.82, 2.24) is 9.80 Å². The molecule has 2 saturated heterocycles. The number of amides is 3. The molecule has 0 radical (unpaired) electrons. The van der Waals surface area contributed by atoms with Gasteiger partial charge in [-0.05, 0) is 31.1 Å². The van der Waals surface area contributed by atoms with E-state index in [2.05, 4.69) is 12.2 Å². The fourth-order valence-electron chi connectivity index (χ4n) is 4.68. The summed E-state index contributed by atoms with van der Waals surface area (Å²) in [7, 11) is 0. The molecular weight excluding hydrogens is 280 g/mol. The van der Waals surface area contributed by atoms with E-state index in [1.165, 1.54) is 4.90 Å². The second-order valence-corrected chi connectivity index (χ2v) is 7.06. The monoisotopic (exact) mass is 302 g/mol. The van der Waals surface area contributed by atoms with Gasteiger partial charge < -0.3 is 4.90 Å². The Bertz CT molecular complexity index is 518. The number of imide groups is 1. The van der Waals surface area contributed by atoms with E-state index in [1.54, 1.807) is 0 Å². The predicted molar refractivity (Wildman–Crippen MR) is 79.5 cm³/mol. The lowest BCUT2D eigenvalue weighted by Gasteiger charge is -2.24. The van der Waals surface area contributed by atoms with Crippen molar-refractivity contribution in [2.45, 2.75) is 32.1 Å². The minimum absolute atomic E-state index is 0.0515. The molecule has 4 rings (SSSR count). The van der Waals surface area contributed by atoms with Gasteiger partial charge in [-0.1, -0.05) is 25.0 Å². The number of hydrogen-bond acceptors (Lipinski definition) is 3. The Morgan fingerprint density at radius 2 is 1.50 bits per heavy atom. The Morgan fingerprint density at radius 3 is 2.05 bits per heavy atom. The molecule has 22 heavy (non-hydrogen) atoms. The third kappa shape index (κ3) is 2.02. The van der Waals surface area contributed by atoms with Crippen molar-refractivity contribution >= 4 is 17.7 Å². The van der Waals surface area contributed by atoms with Crippen LogP contribution in [0.1, 0.15) is 32.1 Å². The summed E-state index contributed by atoms with van der Waals surface area (Å²) in [5.41, 5.74) is 0. The van der Waals surface area contributed by atoms with Gasteiger partial charge in [0.05, 0.1) is 11.8 Å². The first kappa shape index (κ1) is 14.0. The van der Waals surface area contributed by atoms with Crippen molar-refractivity contribution in [1.29, 1.82) is 0 Å². The first-order valence-corrected chi connectivity index (χ1v) is 8.48. The summed E-state index contributed by atoms with van der Waals surface area (Å²) >= 11 is 0. The zero-order valence-corrected chi connectivity index (χ0v) is 12.7. The molecule has 0 aromatic heterocycles. The van der Waals surface area contributed by atoms with E-state index in [0.717, 1.165) is 45.2 Å². The lowest BCUT2D eigenvalue weighted by atomic mass is 9.85. The number of hydrogen-bond donors (Lipinski definition) is 0. The van der Waals surface area contributed by atoms with Gasteiger partial charge in [0.1, 0.15) is 6.54 Å². The van der Waals surface area contributed by atoms with Gasteiger partial charge in [-0.15, -0.1) is 0 Å². The molecule has 3 amide bonds. The van der Waals surface area contributed by atoms with Crippen LogP contribution in [-0.2, 0) is 14.4 Å². The summed E-state index contributed by atoms with van der Waals surface area (Å²) < 4.78 is 0. The van der Waals surface area contributed by atoms with Crippen LogP contribution >= 0.6 is 0 Å². The van der Waals surface area contributed by atoms with Gasteiger partial charge in [-0.3, -0.25) is 19.3 Å². The van der Waals surface area contributed by atoms with Crippen LogP contribution in [0.2, 0.25) is 0 Å². The van der Waals surface area contributed by atoms with Gasteiger partial charge in [-0.2, -0.15) is 0 Å². The van der Waals surface area contributed by atoms with Crippen LogP contribution in [0.4, 0.5) is 0 Å². The summed E-state index contributed by atoms with van der Waals surface area (Å²) in [5, 5.41) is 0. The van der Waals surface area contributed by atoms with E-state index in [-0.39, 0.29) is 47.9 Å². The minimum atomic E-state index is -0.195. The molecule has 118 valence electrons. The molecule has 1 saturated carbocycles. The molecule has 2 aliphatic heterocycles. The molecule has 4 atom stereocenters. The van der Waals surface area contributed by atoms with Gasteiger partial charge in [0.15, 0.2) is 0 Å². The molecule has 3 fully saturated rings. The minimum Gasteiger partial charge on any atom is -0.341 e. The SMILES string of the molecule is O=C(CN1C(=O)[C@@H]2[C@@H](C1=O)[C@@H]1C=C[C@@H]2C1)N1CCCCCC1. The molecule has 5 nitrogen and oxygen atoms in total. The number of likely N-dealkylation sites (tertiary alicyclic amines) is 2. The topological polar surface area (TPSA) is 57.7 Å². The summed E-state index contributed by atoms with van der Waals surface area (Å²) in [6, 6.07) is 0. The highest BCUT2D eigenvalue weighted by molar-refractivity contribution is 6.08. The average molecular weight is 302 g/mol. The molecule has 0 aromatic rings. The van der Waals surface area contributed by atoms with Crippen LogP contribution in [0.3, 0.4) is 0 Å². The maximum atomic E-state index is 12.6. The molecule has 4 aliphatic rings. The molecule has 0 unspecified atom stereocenters. The zero-order chi connectivity index (χ0) is 15.3. The number of allylic oxidation sites excluding steroid dienone is 2. The van der Waals surface area contributed by atoms with Crippen LogP contribution < -0.4 is 0 Å². The van der Waals surface area contributed by atoms with Crippen LogP contribution in [0.5, 0.6) is 0 Å². The molecular formula is C17H22N2O3. The summed E-state index contributed by atoms with van der Waals surface area (Å²) in [6.45, 7) is 1.47. The van der Waals surface area contributed by atoms with Crippen molar-refractivity contribution in [2.24, 2.45) is 23.7 Å². The van der Waals surface area contributed by atoms with Crippen LogP contribution in [0.15, 0.2) is 12.2 Å². The largest absolute Gasteiger partial charge is 0.341 e. The summed E-state index contributed by atoms with van der Waals surface area (Å²) in [5.74, 6) is -0.262. The van der Waals surface area contributed by atoms with E-state index in [4.69, 9.17) is 0 Å². The maximum Gasteiger partial charge on any atom is 0.242 e. The quantitative estimate of drug-likeness (QED) is 0.569. The van der Waals surface area contributed by atoms with Crippen molar-refractivity contribution in [3.8, 4) is 0 Å². The standard InChI is InChI=1S/C17H22N2O3/c20-13(18-7-3-1-2-4-8-18)10-19-16(21)14-11-5-6-12(9-11)15(14)17(19)22/h5-6,11-12,14-15H,1-4,7-10H2/t11-,12-,14+,15+/m1/s1. The van der Waals surface area contributed by atoms with E-state index in [0.29, 0.717) is 0 Å². The average Bonchev–Trinajstić information content (AvgIpc) is 3.09. The van der Waals surface area contributed by atoms with E-state index < -0.39 is 0 Å². The molecule has 2 aliphatic carbocycles. The number of carbonyl (C=O) groups is 3. The van der Waals surface area contributed by atoms with Gasteiger partial charge in [0.25, 0.3) is 0 Å². The van der Waals surface area contributed by atoms with Gasteiger partial charge in [0.2, 0.25) is 17.7 Å². The van der Waals surface area contributed by atoms with E-state index in [1.807, 2.05) is 4.90 Å². The van der Waals surface area contributed by atoms with Crippen molar-refractivity contribution in [3.63, 3.8) is 0 Å². The number of carbonyl (C=O) groups excluding carboxylic acids is 3. The van der Waals surface area contributed by atoms with Gasteiger partial charge in [-0.25, -0.2) is 0 Å². The van der Waals surface area contributed by atoms with Crippen molar-refractivity contribution < 1.29 is 14.4 Å². The van der Waals surface area contributed by atoms with Gasteiger partial charge in [0, 0.05) is 13.1 Å². The van der Waals surface area contributed by atoms with Crippen molar-refractivity contribution in [2.75, 3.05) is 19.6 Å². The second kappa shape index (κ2) is 5.21. The van der Waals surface area contributed by atoms with E-state index >= 15 is 0 Å². The van der Waals surface area contributed by atoms with Crippen molar-refractivity contribution in [3.05, 3.63) is 12.2 Å². The molecule has 0 spiro atoms. The fourth-order valence-corrected chi connectivity index (χ4v) is 4.68. The predicted octanol–water partition coefficient (Wildman–Crippen LogP) is 1.20.